The fourth-order valence-corrected chi connectivity index (χ4v) is 2.59. The highest BCUT2D eigenvalue weighted by Crippen LogP contribution is 2.21. The van der Waals surface area contributed by atoms with Crippen molar-refractivity contribution in [1.82, 2.24) is 4.90 Å². The van der Waals surface area contributed by atoms with E-state index in [1.807, 2.05) is 29.2 Å². The summed E-state index contributed by atoms with van der Waals surface area (Å²) in [6.45, 7) is 1.68. The van der Waals surface area contributed by atoms with E-state index in [1.54, 1.807) is 0 Å². The van der Waals surface area contributed by atoms with Gasteiger partial charge in [0.2, 0.25) is 6.10 Å². The zero-order valence-corrected chi connectivity index (χ0v) is 11.3. The highest BCUT2D eigenvalue weighted by molar-refractivity contribution is 6.30. The van der Waals surface area contributed by atoms with Crippen LogP contribution in [0.4, 0.5) is 0 Å². The predicted molar refractivity (Wildman–Crippen MR) is 73.3 cm³/mol. The number of likely N-dealkylation sites (tertiary alicyclic amines) is 1. The van der Waals surface area contributed by atoms with E-state index in [-0.39, 0.29) is 5.91 Å². The lowest BCUT2D eigenvalue weighted by Crippen LogP contribution is -2.37. The third-order valence-electron chi connectivity index (χ3n) is 3.54. The number of benzene rings is 1. The molecule has 1 aromatic rings. The summed E-state index contributed by atoms with van der Waals surface area (Å²) in [6, 6.07) is 7.42. The molecule has 0 aromatic heterocycles. The number of amides is 1. The predicted octanol–water partition coefficient (Wildman–Crippen LogP) is 2.46. The highest BCUT2D eigenvalue weighted by Gasteiger charge is 2.33. The van der Waals surface area contributed by atoms with Crippen molar-refractivity contribution in [2.75, 3.05) is 13.1 Å². The lowest BCUT2D eigenvalue weighted by atomic mass is 10.0. The summed E-state index contributed by atoms with van der Waals surface area (Å²) < 4.78 is 0. The molecule has 0 bridgehead atoms. The Hall–Kier alpha value is -1.55. The van der Waals surface area contributed by atoms with Gasteiger partial charge in [0.1, 0.15) is 0 Å². The molecule has 0 aliphatic carbocycles. The van der Waals surface area contributed by atoms with Gasteiger partial charge in [-0.1, -0.05) is 28.9 Å². The Morgan fingerprint density at radius 3 is 2.63 bits per heavy atom. The first-order valence-corrected chi connectivity index (χ1v) is 6.89. The maximum atomic E-state index is 12.2. The van der Waals surface area contributed by atoms with E-state index in [4.69, 9.17) is 16.4 Å². The number of hydrogen-bond acceptors (Lipinski definition) is 3. The second-order valence-electron chi connectivity index (χ2n) is 4.88. The average Bonchev–Trinajstić information content (AvgIpc) is 3.10. The van der Waals surface area contributed by atoms with E-state index in [0.717, 1.165) is 37.2 Å². The number of rotatable bonds is 2. The molecule has 1 atom stereocenters. The van der Waals surface area contributed by atoms with Crippen molar-refractivity contribution in [2.45, 2.75) is 25.4 Å². The Kier molecular flexibility index (Phi) is 3.42. The molecular weight excluding hydrogens is 264 g/mol. The molecule has 100 valence electrons. The van der Waals surface area contributed by atoms with E-state index >= 15 is 0 Å². The van der Waals surface area contributed by atoms with Crippen molar-refractivity contribution >= 4 is 23.2 Å². The van der Waals surface area contributed by atoms with Crippen LogP contribution < -0.4 is 0 Å². The molecule has 19 heavy (non-hydrogen) atoms. The summed E-state index contributed by atoms with van der Waals surface area (Å²) in [5.74, 6) is 0.0604. The molecule has 0 N–H and O–H groups in total. The van der Waals surface area contributed by atoms with Crippen LogP contribution in [0.15, 0.2) is 29.4 Å². The first kappa shape index (κ1) is 12.5. The van der Waals surface area contributed by atoms with Gasteiger partial charge in [-0.15, -0.1) is 0 Å². The van der Waals surface area contributed by atoms with E-state index < -0.39 is 6.10 Å². The first-order chi connectivity index (χ1) is 9.24. The molecule has 5 heteroatoms. The number of nitrogens with zero attached hydrogens (tertiary/aromatic N) is 2. The SMILES string of the molecule is O=C(C1CC(c2ccc(Cl)cc2)=NO1)N1CCCC1. The molecule has 2 aliphatic heterocycles. The zero-order chi connectivity index (χ0) is 13.2. The lowest BCUT2D eigenvalue weighted by molar-refractivity contribution is -0.140. The minimum absolute atomic E-state index is 0.0604. The van der Waals surface area contributed by atoms with Gasteiger partial charge in [-0.25, -0.2) is 0 Å². The van der Waals surface area contributed by atoms with Gasteiger partial charge >= 0.3 is 0 Å². The van der Waals surface area contributed by atoms with Crippen LogP contribution in [0.3, 0.4) is 0 Å². The summed E-state index contributed by atoms with van der Waals surface area (Å²) in [7, 11) is 0. The van der Waals surface area contributed by atoms with Crippen molar-refractivity contribution in [2.24, 2.45) is 5.16 Å². The summed E-state index contributed by atoms with van der Waals surface area (Å²) in [5.41, 5.74) is 1.77. The fourth-order valence-electron chi connectivity index (χ4n) is 2.46. The van der Waals surface area contributed by atoms with Crippen LogP contribution in [-0.2, 0) is 9.63 Å². The smallest absolute Gasteiger partial charge is 0.266 e. The molecule has 4 nitrogen and oxygen atoms in total. The van der Waals surface area contributed by atoms with Gasteiger partial charge in [0.15, 0.2) is 0 Å². The van der Waals surface area contributed by atoms with Crippen molar-refractivity contribution in [1.29, 1.82) is 0 Å². The van der Waals surface area contributed by atoms with Crippen molar-refractivity contribution in [3.63, 3.8) is 0 Å². The second kappa shape index (κ2) is 5.21. The van der Waals surface area contributed by atoms with E-state index in [2.05, 4.69) is 5.16 Å². The quantitative estimate of drug-likeness (QED) is 0.834. The zero-order valence-electron chi connectivity index (χ0n) is 10.5. The normalized spacial score (nSPS) is 22.3. The lowest BCUT2D eigenvalue weighted by Gasteiger charge is -2.18. The standard InChI is InChI=1S/C14H15ClN2O2/c15-11-5-3-10(4-6-11)12-9-13(19-16-12)14(18)17-7-1-2-8-17/h3-6,13H,1-2,7-9H2. The fraction of sp³-hybridized carbons (Fsp3) is 0.429. The van der Waals surface area contributed by atoms with Gasteiger partial charge in [0.25, 0.3) is 5.91 Å². The molecule has 1 aromatic carbocycles. The number of halogens is 1. The molecule has 0 radical (unpaired) electrons. The molecule has 2 heterocycles. The first-order valence-electron chi connectivity index (χ1n) is 6.51. The molecule has 2 aliphatic rings. The van der Waals surface area contributed by atoms with Gasteiger partial charge in [-0.2, -0.15) is 0 Å². The van der Waals surface area contributed by atoms with Gasteiger partial charge in [-0.3, -0.25) is 4.79 Å². The molecule has 0 spiro atoms. The Morgan fingerprint density at radius 2 is 1.95 bits per heavy atom. The summed E-state index contributed by atoms with van der Waals surface area (Å²) in [5, 5.41) is 4.72. The average molecular weight is 279 g/mol. The molecular formula is C14H15ClN2O2. The number of carbonyl (C=O) groups is 1. The number of hydrogen-bond donors (Lipinski definition) is 0. The Morgan fingerprint density at radius 1 is 1.26 bits per heavy atom. The Balaban J connectivity index is 1.65. The Labute approximate surface area is 117 Å². The largest absolute Gasteiger partial charge is 0.382 e. The molecule has 1 unspecified atom stereocenters. The Bertz CT molecular complexity index is 507. The van der Waals surface area contributed by atoms with Gasteiger partial charge < -0.3 is 9.74 Å². The van der Waals surface area contributed by atoms with Crippen molar-refractivity contribution < 1.29 is 9.63 Å². The minimum atomic E-state index is -0.455. The van der Waals surface area contributed by atoms with E-state index in [9.17, 15) is 4.79 Å². The van der Waals surface area contributed by atoms with E-state index in [1.165, 1.54) is 0 Å². The summed E-state index contributed by atoms with van der Waals surface area (Å²) in [6.07, 6.45) is 2.26. The van der Waals surface area contributed by atoms with Crippen LogP contribution in [0.5, 0.6) is 0 Å². The van der Waals surface area contributed by atoms with Crippen LogP contribution in [0.2, 0.25) is 5.02 Å². The molecule has 0 saturated carbocycles. The number of oxime groups is 1. The maximum Gasteiger partial charge on any atom is 0.266 e. The van der Waals surface area contributed by atoms with E-state index in [0.29, 0.717) is 11.4 Å². The summed E-state index contributed by atoms with van der Waals surface area (Å²) in [4.78, 5) is 19.3. The minimum Gasteiger partial charge on any atom is -0.382 e. The van der Waals surface area contributed by atoms with Crippen molar-refractivity contribution in [3.05, 3.63) is 34.9 Å². The third-order valence-corrected chi connectivity index (χ3v) is 3.79. The molecule has 1 saturated heterocycles. The van der Waals surface area contributed by atoms with Gasteiger partial charge in [0.05, 0.1) is 5.71 Å². The number of carbonyl (C=O) groups excluding carboxylic acids is 1. The van der Waals surface area contributed by atoms with Crippen LogP contribution in [0, 0.1) is 0 Å². The van der Waals surface area contributed by atoms with Crippen LogP contribution in [0.25, 0.3) is 0 Å². The van der Waals surface area contributed by atoms with Crippen LogP contribution in [0.1, 0.15) is 24.8 Å². The highest BCUT2D eigenvalue weighted by atomic mass is 35.5. The monoisotopic (exact) mass is 278 g/mol. The molecule has 3 rings (SSSR count). The van der Waals surface area contributed by atoms with Crippen LogP contribution in [-0.4, -0.2) is 35.7 Å². The maximum absolute atomic E-state index is 12.2. The third kappa shape index (κ3) is 2.59. The van der Waals surface area contributed by atoms with Crippen molar-refractivity contribution in [3.8, 4) is 0 Å². The topological polar surface area (TPSA) is 41.9 Å². The molecule has 1 amide bonds. The van der Waals surface area contributed by atoms with Crippen LogP contribution >= 0.6 is 11.6 Å². The second-order valence-corrected chi connectivity index (χ2v) is 5.31. The van der Waals surface area contributed by atoms with Gasteiger partial charge in [0, 0.05) is 24.5 Å². The summed E-state index contributed by atoms with van der Waals surface area (Å²) >= 11 is 5.85. The van der Waals surface area contributed by atoms with Gasteiger partial charge in [-0.05, 0) is 30.5 Å². The molecule has 1 fully saturated rings.